The second kappa shape index (κ2) is 71.0. The van der Waals surface area contributed by atoms with E-state index in [2.05, 4.69) is 55.4 Å². The molecule has 0 bridgehead atoms. The standard InChI is InChI=1S/C82H160O17P2/c1-72(2)58-50-42-34-28-22-17-13-11-9-10-12-14-20-26-32-38-48-56-64-81(86)98-77(68-92-79(84)62-54-46-37-31-25-19-16-15-18-23-29-35-43-51-59-73(3)4)70-96-100(88,89)94-66-76(83)67-95-101(90,91)97-71-78(69-93-80(85)63-55-47-41-40-45-53-61-75(7)8)99-82(87)65-57-49-39-33-27-21-24-30-36-44-52-60-74(5)6/h72-78,83H,9-71H2,1-8H3,(H,88,89)(H,90,91)/t76-,77-,78-/m1/s1. The molecule has 2 unspecified atom stereocenters. The number of phosphoric ester groups is 2. The summed E-state index contributed by atoms with van der Waals surface area (Å²) in [4.78, 5) is 73.0. The first-order valence-electron chi connectivity index (χ1n) is 42.2. The number of unbranched alkanes of at least 4 members (excludes halogenated alkanes) is 45. The molecule has 0 aliphatic carbocycles. The maximum atomic E-state index is 13.1. The molecule has 19 heteroatoms. The molecule has 0 saturated heterocycles. The summed E-state index contributed by atoms with van der Waals surface area (Å²) >= 11 is 0. The molecule has 600 valence electrons. The van der Waals surface area contributed by atoms with Crippen LogP contribution in [0.15, 0.2) is 0 Å². The van der Waals surface area contributed by atoms with Crippen LogP contribution in [-0.2, 0) is 65.4 Å². The fourth-order valence-corrected chi connectivity index (χ4v) is 14.2. The summed E-state index contributed by atoms with van der Waals surface area (Å²) in [6, 6.07) is 0. The van der Waals surface area contributed by atoms with Gasteiger partial charge in [-0.3, -0.25) is 37.3 Å². The summed E-state index contributed by atoms with van der Waals surface area (Å²) in [5.41, 5.74) is 0. The maximum absolute atomic E-state index is 13.1. The first-order chi connectivity index (χ1) is 48.6. The van der Waals surface area contributed by atoms with Crippen LogP contribution in [0.3, 0.4) is 0 Å². The average Bonchev–Trinajstić information content (AvgIpc) is 0.938. The van der Waals surface area contributed by atoms with E-state index in [9.17, 15) is 43.2 Å². The number of carbonyl (C=O) groups excluding carboxylic acids is 4. The Morgan fingerprint density at radius 3 is 0.614 bits per heavy atom. The summed E-state index contributed by atoms with van der Waals surface area (Å²) in [6.07, 6.45) is 58.5. The quantitative estimate of drug-likeness (QED) is 0.0222. The van der Waals surface area contributed by atoms with Crippen LogP contribution in [0.1, 0.15) is 421 Å². The van der Waals surface area contributed by atoms with Crippen LogP contribution in [-0.4, -0.2) is 96.7 Å². The van der Waals surface area contributed by atoms with E-state index in [1.54, 1.807) is 0 Å². The summed E-state index contributed by atoms with van der Waals surface area (Å²) in [7, 11) is -9.92. The number of hydrogen-bond acceptors (Lipinski definition) is 15. The highest BCUT2D eigenvalue weighted by atomic mass is 31.2. The lowest BCUT2D eigenvalue weighted by molar-refractivity contribution is -0.161. The second-order valence-electron chi connectivity index (χ2n) is 31.4. The van der Waals surface area contributed by atoms with Crippen LogP contribution < -0.4 is 0 Å². The van der Waals surface area contributed by atoms with E-state index in [1.165, 1.54) is 218 Å². The molecule has 0 aromatic heterocycles. The Labute approximate surface area is 619 Å². The summed E-state index contributed by atoms with van der Waals surface area (Å²) in [6.45, 7) is 14.2. The average molecular weight is 1480 g/mol. The highest BCUT2D eigenvalue weighted by Gasteiger charge is 2.30. The Kier molecular flexibility index (Phi) is 69.6. The van der Waals surface area contributed by atoms with Crippen LogP contribution in [0.4, 0.5) is 0 Å². The lowest BCUT2D eigenvalue weighted by Gasteiger charge is -2.21. The van der Waals surface area contributed by atoms with Crippen molar-refractivity contribution in [2.24, 2.45) is 23.7 Å². The van der Waals surface area contributed by atoms with E-state index >= 15 is 0 Å². The largest absolute Gasteiger partial charge is 0.472 e. The molecule has 0 amide bonds. The first-order valence-corrected chi connectivity index (χ1v) is 45.2. The van der Waals surface area contributed by atoms with Crippen molar-refractivity contribution in [3.05, 3.63) is 0 Å². The number of hydrogen-bond donors (Lipinski definition) is 3. The molecule has 0 saturated carbocycles. The van der Waals surface area contributed by atoms with E-state index in [0.29, 0.717) is 31.6 Å². The van der Waals surface area contributed by atoms with E-state index in [1.807, 2.05) is 0 Å². The van der Waals surface area contributed by atoms with Gasteiger partial charge in [-0.1, -0.05) is 370 Å². The molecule has 0 radical (unpaired) electrons. The second-order valence-corrected chi connectivity index (χ2v) is 34.3. The highest BCUT2D eigenvalue weighted by Crippen LogP contribution is 2.45. The zero-order valence-corrected chi connectivity index (χ0v) is 68.3. The molecular formula is C82H160O17P2. The van der Waals surface area contributed by atoms with Crippen LogP contribution in [0.25, 0.3) is 0 Å². The summed E-state index contributed by atoms with van der Waals surface area (Å²) in [5.74, 6) is 0.949. The maximum Gasteiger partial charge on any atom is 0.472 e. The Balaban J connectivity index is 5.22. The van der Waals surface area contributed by atoms with Gasteiger partial charge in [0.05, 0.1) is 26.4 Å². The minimum absolute atomic E-state index is 0.105. The number of phosphoric acid groups is 2. The lowest BCUT2D eigenvalue weighted by atomic mass is 10.0. The zero-order valence-electron chi connectivity index (χ0n) is 66.5. The normalized spacial score (nSPS) is 14.0. The fourth-order valence-electron chi connectivity index (χ4n) is 12.6. The SMILES string of the molecule is CC(C)CCCCCCCCCCCCCCCCCCCCC(=O)O[C@H](COC(=O)CCCCCCCCCCCCCCCCC(C)C)COP(=O)(O)OC[C@@H](O)COP(=O)(O)OC[C@@H](COC(=O)CCCCCCCCC(C)C)OC(=O)CCCCCCCCCCCCCC(C)C. The Morgan fingerprint density at radius 2 is 0.416 bits per heavy atom. The van der Waals surface area contributed by atoms with E-state index in [0.717, 1.165) is 114 Å². The van der Waals surface area contributed by atoms with Gasteiger partial charge in [0.2, 0.25) is 0 Å². The van der Waals surface area contributed by atoms with Gasteiger partial charge in [0.25, 0.3) is 0 Å². The molecule has 0 spiro atoms. The lowest BCUT2D eigenvalue weighted by Crippen LogP contribution is -2.30. The monoisotopic (exact) mass is 1480 g/mol. The van der Waals surface area contributed by atoms with Gasteiger partial charge >= 0.3 is 39.5 Å². The highest BCUT2D eigenvalue weighted by molar-refractivity contribution is 7.47. The van der Waals surface area contributed by atoms with Crippen molar-refractivity contribution in [3.63, 3.8) is 0 Å². The molecule has 3 N–H and O–H groups in total. The van der Waals surface area contributed by atoms with Gasteiger partial charge in [0, 0.05) is 25.7 Å². The van der Waals surface area contributed by atoms with Crippen LogP contribution >= 0.6 is 15.6 Å². The number of aliphatic hydroxyl groups is 1. The molecule has 0 aromatic rings. The fraction of sp³-hybridized carbons (Fsp3) is 0.951. The van der Waals surface area contributed by atoms with Crippen molar-refractivity contribution in [1.82, 2.24) is 0 Å². The van der Waals surface area contributed by atoms with E-state index < -0.39 is 97.5 Å². The number of esters is 4. The van der Waals surface area contributed by atoms with Crippen molar-refractivity contribution < 1.29 is 80.2 Å². The van der Waals surface area contributed by atoms with Crippen molar-refractivity contribution in [2.45, 2.75) is 440 Å². The minimum Gasteiger partial charge on any atom is -0.462 e. The predicted molar refractivity (Wildman–Crippen MR) is 414 cm³/mol. The third-order valence-corrected chi connectivity index (χ3v) is 21.0. The Bertz CT molecular complexity index is 1970. The van der Waals surface area contributed by atoms with E-state index in [-0.39, 0.29) is 25.7 Å². The molecule has 0 fully saturated rings. The first kappa shape index (κ1) is 99.1. The van der Waals surface area contributed by atoms with Gasteiger partial charge < -0.3 is 33.8 Å². The Morgan fingerprint density at radius 1 is 0.248 bits per heavy atom. The number of carbonyl (C=O) groups is 4. The zero-order chi connectivity index (χ0) is 74.6. The predicted octanol–water partition coefficient (Wildman–Crippen LogP) is 24.4. The van der Waals surface area contributed by atoms with Gasteiger partial charge in [0.15, 0.2) is 12.2 Å². The molecule has 17 nitrogen and oxygen atoms in total. The van der Waals surface area contributed by atoms with Crippen molar-refractivity contribution >= 4 is 39.5 Å². The van der Waals surface area contributed by atoms with Gasteiger partial charge in [-0.15, -0.1) is 0 Å². The molecule has 5 atom stereocenters. The molecule has 0 rings (SSSR count). The number of ether oxygens (including phenoxy) is 4. The molecule has 0 aromatic carbocycles. The molecule has 0 heterocycles. The van der Waals surface area contributed by atoms with Crippen LogP contribution in [0.2, 0.25) is 0 Å². The van der Waals surface area contributed by atoms with Gasteiger partial charge in [-0.05, 0) is 49.4 Å². The molecule has 0 aliphatic heterocycles. The smallest absolute Gasteiger partial charge is 0.462 e. The van der Waals surface area contributed by atoms with Crippen LogP contribution in [0.5, 0.6) is 0 Å². The summed E-state index contributed by atoms with van der Waals surface area (Å²) < 4.78 is 68.7. The molecular weight excluding hydrogens is 1320 g/mol. The van der Waals surface area contributed by atoms with E-state index in [4.69, 9.17) is 37.0 Å². The third-order valence-electron chi connectivity index (χ3n) is 19.1. The van der Waals surface area contributed by atoms with Gasteiger partial charge in [-0.25, -0.2) is 9.13 Å². The Hall–Kier alpha value is -1.94. The molecule has 101 heavy (non-hydrogen) atoms. The third kappa shape index (κ3) is 76.1. The number of aliphatic hydroxyl groups excluding tert-OH is 1. The van der Waals surface area contributed by atoms with Crippen molar-refractivity contribution in [1.29, 1.82) is 0 Å². The topological polar surface area (TPSA) is 237 Å². The van der Waals surface area contributed by atoms with Crippen molar-refractivity contribution in [3.8, 4) is 0 Å². The van der Waals surface area contributed by atoms with Crippen LogP contribution in [0, 0.1) is 23.7 Å². The van der Waals surface area contributed by atoms with Gasteiger partial charge in [0.1, 0.15) is 19.3 Å². The molecule has 0 aliphatic rings. The summed E-state index contributed by atoms with van der Waals surface area (Å²) in [5, 5.41) is 10.6. The minimum atomic E-state index is -4.96. The van der Waals surface area contributed by atoms with Crippen molar-refractivity contribution in [2.75, 3.05) is 39.6 Å². The number of rotatable bonds is 79. The van der Waals surface area contributed by atoms with Gasteiger partial charge in [-0.2, -0.15) is 0 Å².